The number of benzene rings is 1. The summed E-state index contributed by atoms with van der Waals surface area (Å²) >= 11 is 0. The molecule has 1 aliphatic rings. The van der Waals surface area contributed by atoms with Crippen LogP contribution in [0.1, 0.15) is 36.0 Å². The summed E-state index contributed by atoms with van der Waals surface area (Å²) in [6.45, 7) is 0.641. The quantitative estimate of drug-likeness (QED) is 0.600. The summed E-state index contributed by atoms with van der Waals surface area (Å²) in [5.41, 5.74) is 0.387. The first-order valence-electron chi connectivity index (χ1n) is 9.69. The predicted octanol–water partition coefficient (Wildman–Crippen LogP) is 1.88. The molecule has 1 heterocycles. The number of halogens is 1. The van der Waals surface area contributed by atoms with Crippen molar-refractivity contribution in [2.45, 2.75) is 25.7 Å². The van der Waals surface area contributed by atoms with E-state index >= 15 is 0 Å². The van der Waals surface area contributed by atoms with Crippen molar-refractivity contribution in [3.8, 4) is 12.1 Å². The SMILES string of the molecule is N#CCCN(CCC#N)C(=O)COC(=O)C1CCN(C(=O)c2ccc(F)cc2)CC1. The number of carbonyl (C=O) groups excluding carboxylic acids is 3. The highest BCUT2D eigenvalue weighted by atomic mass is 19.1. The Hall–Kier alpha value is -3.46. The van der Waals surface area contributed by atoms with E-state index in [1.807, 2.05) is 12.1 Å². The van der Waals surface area contributed by atoms with Gasteiger partial charge in [0.1, 0.15) is 5.82 Å². The molecule has 1 fully saturated rings. The topological polar surface area (TPSA) is 114 Å². The number of likely N-dealkylation sites (tertiary alicyclic amines) is 1. The molecule has 9 heteroatoms. The molecule has 158 valence electrons. The molecule has 2 rings (SSSR count). The van der Waals surface area contributed by atoms with E-state index in [0.29, 0.717) is 31.5 Å². The zero-order chi connectivity index (χ0) is 21.9. The fourth-order valence-corrected chi connectivity index (χ4v) is 3.17. The molecular weight excluding hydrogens is 391 g/mol. The van der Waals surface area contributed by atoms with Crippen LogP contribution in [0.2, 0.25) is 0 Å². The standard InChI is InChI=1S/C21H23FN4O4/c22-18-5-3-16(4-6-18)20(28)26-13-7-17(8-14-26)21(29)30-15-19(27)25(11-1-9-23)12-2-10-24/h3-6,17H,1-2,7-8,11-15H2. The fraction of sp³-hybridized carbons (Fsp3) is 0.476. The lowest BCUT2D eigenvalue weighted by Gasteiger charge is -2.31. The van der Waals surface area contributed by atoms with E-state index in [2.05, 4.69) is 0 Å². The molecule has 0 radical (unpaired) electrons. The number of nitrogens with zero attached hydrogens (tertiary/aromatic N) is 4. The Morgan fingerprint density at radius 1 is 1.07 bits per heavy atom. The van der Waals surface area contributed by atoms with Crippen LogP contribution in [0.25, 0.3) is 0 Å². The van der Waals surface area contributed by atoms with E-state index in [-0.39, 0.29) is 31.8 Å². The van der Waals surface area contributed by atoms with Crippen LogP contribution >= 0.6 is 0 Å². The fourth-order valence-electron chi connectivity index (χ4n) is 3.17. The van der Waals surface area contributed by atoms with Crippen molar-refractivity contribution in [2.24, 2.45) is 5.92 Å². The second kappa shape index (κ2) is 11.5. The van der Waals surface area contributed by atoms with Gasteiger partial charge in [-0.1, -0.05) is 0 Å². The van der Waals surface area contributed by atoms with Gasteiger partial charge in [-0.3, -0.25) is 14.4 Å². The number of hydrogen-bond acceptors (Lipinski definition) is 6. The molecule has 0 spiro atoms. The third-order valence-corrected chi connectivity index (χ3v) is 4.88. The number of rotatable bonds is 8. The highest BCUT2D eigenvalue weighted by molar-refractivity contribution is 5.94. The van der Waals surface area contributed by atoms with Crippen molar-refractivity contribution in [1.82, 2.24) is 9.80 Å². The summed E-state index contributed by atoms with van der Waals surface area (Å²) < 4.78 is 18.1. The molecule has 8 nitrogen and oxygen atoms in total. The molecule has 0 aromatic heterocycles. The zero-order valence-corrected chi connectivity index (χ0v) is 16.6. The normalized spacial score (nSPS) is 13.8. The van der Waals surface area contributed by atoms with E-state index in [1.165, 1.54) is 29.2 Å². The van der Waals surface area contributed by atoms with Gasteiger partial charge in [0.25, 0.3) is 11.8 Å². The maximum absolute atomic E-state index is 13.0. The van der Waals surface area contributed by atoms with Crippen LogP contribution in [0.5, 0.6) is 0 Å². The van der Waals surface area contributed by atoms with Crippen molar-refractivity contribution >= 4 is 17.8 Å². The molecule has 0 unspecified atom stereocenters. The number of esters is 1. The van der Waals surface area contributed by atoms with Crippen LogP contribution in [0, 0.1) is 34.4 Å². The lowest BCUT2D eigenvalue weighted by atomic mass is 9.96. The minimum absolute atomic E-state index is 0.131. The van der Waals surface area contributed by atoms with E-state index in [4.69, 9.17) is 15.3 Å². The third kappa shape index (κ3) is 6.56. The minimum atomic E-state index is -0.502. The van der Waals surface area contributed by atoms with E-state index in [0.717, 1.165) is 0 Å². The molecular formula is C21H23FN4O4. The number of carbonyl (C=O) groups is 3. The number of nitriles is 2. The van der Waals surface area contributed by atoms with Gasteiger partial charge in [-0.25, -0.2) is 4.39 Å². The van der Waals surface area contributed by atoms with Crippen LogP contribution in [-0.4, -0.2) is 60.4 Å². The molecule has 1 aliphatic heterocycles. The average molecular weight is 414 g/mol. The summed E-state index contributed by atoms with van der Waals surface area (Å²) in [4.78, 5) is 39.9. The molecule has 1 aromatic carbocycles. The lowest BCUT2D eigenvalue weighted by molar-refractivity contribution is -0.156. The van der Waals surface area contributed by atoms with Gasteiger partial charge >= 0.3 is 5.97 Å². The summed E-state index contributed by atoms with van der Waals surface area (Å²) in [6, 6.07) is 9.18. The van der Waals surface area contributed by atoms with Crippen molar-refractivity contribution in [2.75, 3.05) is 32.8 Å². The number of ether oxygens (including phenoxy) is 1. The maximum atomic E-state index is 13.0. The number of piperidine rings is 1. The van der Waals surface area contributed by atoms with Crippen LogP contribution in [-0.2, 0) is 14.3 Å². The third-order valence-electron chi connectivity index (χ3n) is 4.88. The molecule has 0 N–H and O–H groups in total. The minimum Gasteiger partial charge on any atom is -0.455 e. The van der Waals surface area contributed by atoms with E-state index in [1.54, 1.807) is 4.90 Å². The van der Waals surface area contributed by atoms with E-state index < -0.39 is 30.2 Å². The van der Waals surface area contributed by atoms with Gasteiger partial charge in [-0.2, -0.15) is 10.5 Å². The molecule has 1 saturated heterocycles. The Bertz CT molecular complexity index is 818. The summed E-state index contributed by atoms with van der Waals surface area (Å²) in [5, 5.41) is 17.3. The Morgan fingerprint density at radius 3 is 2.17 bits per heavy atom. The molecule has 0 atom stereocenters. The molecule has 2 amide bonds. The summed E-state index contributed by atoms with van der Waals surface area (Å²) in [6.07, 6.45) is 1.08. The predicted molar refractivity (Wildman–Crippen MR) is 103 cm³/mol. The Balaban J connectivity index is 1.80. The second-order valence-electron chi connectivity index (χ2n) is 6.88. The Labute approximate surface area is 174 Å². The van der Waals surface area contributed by atoms with Crippen molar-refractivity contribution in [3.05, 3.63) is 35.6 Å². The van der Waals surface area contributed by atoms with Crippen LogP contribution in [0.4, 0.5) is 4.39 Å². The first-order valence-corrected chi connectivity index (χ1v) is 9.69. The average Bonchev–Trinajstić information content (AvgIpc) is 2.77. The van der Waals surface area contributed by atoms with Crippen molar-refractivity contribution < 1.29 is 23.5 Å². The highest BCUT2D eigenvalue weighted by Gasteiger charge is 2.29. The lowest BCUT2D eigenvalue weighted by Crippen LogP contribution is -2.41. The highest BCUT2D eigenvalue weighted by Crippen LogP contribution is 2.20. The summed E-state index contributed by atoms with van der Waals surface area (Å²) in [5.74, 6) is -2.00. The first kappa shape index (κ1) is 22.8. The zero-order valence-electron chi connectivity index (χ0n) is 16.6. The van der Waals surface area contributed by atoms with Crippen LogP contribution in [0.3, 0.4) is 0 Å². The van der Waals surface area contributed by atoms with E-state index in [9.17, 15) is 18.8 Å². The van der Waals surface area contributed by atoms with Crippen LogP contribution < -0.4 is 0 Å². The Kier molecular flexibility index (Phi) is 8.76. The maximum Gasteiger partial charge on any atom is 0.309 e. The van der Waals surface area contributed by atoms with Gasteiger partial charge in [0.05, 0.1) is 30.9 Å². The molecule has 0 aliphatic carbocycles. The Morgan fingerprint density at radius 2 is 1.63 bits per heavy atom. The summed E-state index contributed by atoms with van der Waals surface area (Å²) in [7, 11) is 0. The van der Waals surface area contributed by atoms with Gasteiger partial charge in [0, 0.05) is 31.7 Å². The monoisotopic (exact) mass is 414 g/mol. The largest absolute Gasteiger partial charge is 0.455 e. The molecule has 1 aromatic rings. The van der Waals surface area contributed by atoms with Gasteiger partial charge in [0.15, 0.2) is 6.61 Å². The number of amides is 2. The molecule has 0 saturated carbocycles. The first-order chi connectivity index (χ1) is 14.5. The number of hydrogen-bond donors (Lipinski definition) is 0. The molecule has 30 heavy (non-hydrogen) atoms. The van der Waals surface area contributed by atoms with Gasteiger partial charge in [-0.05, 0) is 37.1 Å². The van der Waals surface area contributed by atoms with Crippen molar-refractivity contribution in [3.63, 3.8) is 0 Å². The van der Waals surface area contributed by atoms with Gasteiger partial charge in [0.2, 0.25) is 0 Å². The van der Waals surface area contributed by atoms with Crippen LogP contribution in [0.15, 0.2) is 24.3 Å². The van der Waals surface area contributed by atoms with Gasteiger partial charge in [-0.15, -0.1) is 0 Å². The van der Waals surface area contributed by atoms with Crippen molar-refractivity contribution in [1.29, 1.82) is 10.5 Å². The smallest absolute Gasteiger partial charge is 0.309 e. The molecule has 0 bridgehead atoms. The van der Waals surface area contributed by atoms with Gasteiger partial charge < -0.3 is 14.5 Å². The second-order valence-corrected chi connectivity index (χ2v) is 6.88.